The summed E-state index contributed by atoms with van der Waals surface area (Å²) in [7, 11) is 4.26. The predicted molar refractivity (Wildman–Crippen MR) is 121 cm³/mol. The van der Waals surface area contributed by atoms with Crippen molar-refractivity contribution in [2.24, 2.45) is 17.8 Å². The molecule has 2 aliphatic carbocycles. The number of fused-ring (bicyclic) bond motifs is 1. The number of halogens is 1. The molecule has 0 saturated heterocycles. The first-order chi connectivity index (χ1) is 13.9. The van der Waals surface area contributed by atoms with E-state index in [1.54, 1.807) is 5.57 Å². The van der Waals surface area contributed by atoms with Gasteiger partial charge in [-0.3, -0.25) is 0 Å². The van der Waals surface area contributed by atoms with Crippen molar-refractivity contribution < 1.29 is 10.2 Å². The van der Waals surface area contributed by atoms with Crippen molar-refractivity contribution in [3.8, 4) is 0 Å². The quantitative estimate of drug-likeness (QED) is 0.421. The van der Waals surface area contributed by atoms with Crippen molar-refractivity contribution in [2.75, 3.05) is 20.6 Å². The number of rotatable bonds is 10. The lowest BCUT2D eigenvalue weighted by atomic mass is 9.88. The molecular formula is C25H36ClNO2. The minimum absolute atomic E-state index is 0.150. The number of allylic oxidation sites excluding steroid dienone is 2. The Morgan fingerprint density at radius 1 is 1.24 bits per heavy atom. The molecule has 0 radical (unpaired) electrons. The van der Waals surface area contributed by atoms with Crippen molar-refractivity contribution in [3.05, 3.63) is 58.7 Å². The number of benzene rings is 1. The Balaban J connectivity index is 1.47. The molecule has 0 aliphatic heterocycles. The highest BCUT2D eigenvalue weighted by Crippen LogP contribution is 2.48. The third kappa shape index (κ3) is 6.68. The molecule has 2 N–H and O–H groups in total. The van der Waals surface area contributed by atoms with Crippen LogP contribution in [0.15, 0.2) is 48.1 Å². The second kappa shape index (κ2) is 10.8. The van der Waals surface area contributed by atoms with Crippen LogP contribution in [-0.4, -0.2) is 48.0 Å². The molecule has 0 amide bonds. The molecular weight excluding hydrogens is 382 g/mol. The average molecular weight is 418 g/mol. The standard InChI is InChI=1S/C25H36ClNO2/c1-27(2)12-5-3-4-7-18-13-20-17-25(29)23(24(20)16-18)11-10-22(28)15-19-8-6-9-21(26)14-19/h6,8-11,13-14,20,22-25,28-29H,3-5,7,12,15-17H2,1-2H3/t20-,22+,23+,24-,25+/m0/s1. The summed E-state index contributed by atoms with van der Waals surface area (Å²) in [5.41, 5.74) is 2.60. The lowest BCUT2D eigenvalue weighted by Crippen LogP contribution is -2.18. The Kier molecular flexibility index (Phi) is 8.37. The van der Waals surface area contributed by atoms with Gasteiger partial charge in [0.1, 0.15) is 0 Å². The van der Waals surface area contributed by atoms with Crippen LogP contribution in [0, 0.1) is 17.8 Å². The summed E-state index contributed by atoms with van der Waals surface area (Å²) in [5, 5.41) is 21.6. The zero-order valence-electron chi connectivity index (χ0n) is 17.8. The Hall–Kier alpha value is -1.13. The zero-order valence-corrected chi connectivity index (χ0v) is 18.6. The van der Waals surface area contributed by atoms with Crippen molar-refractivity contribution in [3.63, 3.8) is 0 Å². The Bertz CT molecular complexity index is 715. The second-order valence-electron chi connectivity index (χ2n) is 9.14. The SMILES string of the molecule is CN(C)CCCCCC1=C[C@H]2C[C@@H](O)[C@H](C=C[C@@H](O)Cc3cccc(Cl)c3)[C@H]2C1. The first kappa shape index (κ1) is 22.6. The fourth-order valence-corrected chi connectivity index (χ4v) is 5.19. The van der Waals surface area contributed by atoms with Crippen LogP contribution in [0.2, 0.25) is 5.02 Å². The number of hydrogen-bond acceptors (Lipinski definition) is 3. The van der Waals surface area contributed by atoms with Gasteiger partial charge in [0, 0.05) is 17.4 Å². The molecule has 0 heterocycles. The largest absolute Gasteiger partial charge is 0.392 e. The molecule has 1 aromatic carbocycles. The van der Waals surface area contributed by atoms with Crippen molar-refractivity contribution in [2.45, 2.75) is 57.2 Å². The van der Waals surface area contributed by atoms with Gasteiger partial charge in [0.2, 0.25) is 0 Å². The third-order valence-corrected chi connectivity index (χ3v) is 6.68. The fraction of sp³-hybridized carbons (Fsp3) is 0.600. The van der Waals surface area contributed by atoms with E-state index in [0.717, 1.165) is 18.4 Å². The van der Waals surface area contributed by atoms with Gasteiger partial charge in [-0.25, -0.2) is 0 Å². The highest BCUT2D eigenvalue weighted by atomic mass is 35.5. The molecule has 4 heteroatoms. The van der Waals surface area contributed by atoms with E-state index in [1.807, 2.05) is 30.3 Å². The summed E-state index contributed by atoms with van der Waals surface area (Å²) in [6, 6.07) is 7.63. The molecule has 0 spiro atoms. The summed E-state index contributed by atoms with van der Waals surface area (Å²) >= 11 is 6.03. The van der Waals surface area contributed by atoms with E-state index in [-0.39, 0.29) is 12.0 Å². The van der Waals surface area contributed by atoms with Crippen LogP contribution >= 0.6 is 11.6 Å². The van der Waals surface area contributed by atoms with Gasteiger partial charge in [0.05, 0.1) is 12.2 Å². The molecule has 5 atom stereocenters. The Labute approximate surface area is 181 Å². The van der Waals surface area contributed by atoms with Crippen molar-refractivity contribution in [1.29, 1.82) is 0 Å². The molecule has 2 aliphatic rings. The third-order valence-electron chi connectivity index (χ3n) is 6.44. The molecule has 160 valence electrons. The van der Waals surface area contributed by atoms with E-state index < -0.39 is 6.10 Å². The van der Waals surface area contributed by atoms with Crippen LogP contribution in [0.1, 0.15) is 44.1 Å². The second-order valence-corrected chi connectivity index (χ2v) is 9.57. The summed E-state index contributed by atoms with van der Waals surface area (Å²) in [5.74, 6) is 1.15. The topological polar surface area (TPSA) is 43.7 Å². The lowest BCUT2D eigenvalue weighted by molar-refractivity contribution is 0.140. The number of aliphatic hydroxyl groups excluding tert-OH is 2. The number of hydrogen-bond donors (Lipinski definition) is 2. The normalized spacial score (nSPS) is 27.6. The number of unbranched alkanes of at least 4 members (excludes halogenated alkanes) is 2. The van der Waals surface area contributed by atoms with E-state index >= 15 is 0 Å². The van der Waals surface area contributed by atoms with Gasteiger partial charge in [-0.15, -0.1) is 0 Å². The highest BCUT2D eigenvalue weighted by molar-refractivity contribution is 6.30. The maximum absolute atomic E-state index is 10.5. The molecule has 1 saturated carbocycles. The van der Waals surface area contributed by atoms with Crippen LogP contribution in [0.3, 0.4) is 0 Å². The minimum Gasteiger partial charge on any atom is -0.392 e. The average Bonchev–Trinajstić information content (AvgIpc) is 3.16. The first-order valence-electron chi connectivity index (χ1n) is 11.1. The van der Waals surface area contributed by atoms with Gasteiger partial charge in [0.15, 0.2) is 0 Å². The van der Waals surface area contributed by atoms with E-state index in [1.165, 1.54) is 32.2 Å². The minimum atomic E-state index is -0.551. The van der Waals surface area contributed by atoms with Gasteiger partial charge in [-0.05, 0) is 82.3 Å². The van der Waals surface area contributed by atoms with Gasteiger partial charge >= 0.3 is 0 Å². The predicted octanol–water partition coefficient (Wildman–Crippen LogP) is 4.86. The van der Waals surface area contributed by atoms with Crippen LogP contribution in [0.4, 0.5) is 0 Å². The number of nitrogens with zero attached hydrogens (tertiary/aromatic N) is 1. The maximum Gasteiger partial charge on any atom is 0.0761 e. The van der Waals surface area contributed by atoms with Gasteiger partial charge in [-0.2, -0.15) is 0 Å². The molecule has 29 heavy (non-hydrogen) atoms. The smallest absolute Gasteiger partial charge is 0.0761 e. The van der Waals surface area contributed by atoms with E-state index in [4.69, 9.17) is 11.6 Å². The summed E-state index contributed by atoms with van der Waals surface area (Å²) in [6.07, 6.45) is 13.1. The molecule has 0 bridgehead atoms. The van der Waals surface area contributed by atoms with E-state index in [9.17, 15) is 10.2 Å². The summed E-state index contributed by atoms with van der Waals surface area (Å²) in [6.45, 7) is 1.17. The van der Waals surface area contributed by atoms with E-state index in [0.29, 0.717) is 23.3 Å². The van der Waals surface area contributed by atoms with Crippen molar-refractivity contribution >= 4 is 11.6 Å². The molecule has 1 aromatic rings. The Morgan fingerprint density at radius 3 is 2.83 bits per heavy atom. The van der Waals surface area contributed by atoms with E-state index in [2.05, 4.69) is 31.1 Å². The van der Waals surface area contributed by atoms with Crippen molar-refractivity contribution in [1.82, 2.24) is 4.90 Å². The van der Waals surface area contributed by atoms with Crippen LogP contribution in [0.25, 0.3) is 0 Å². The lowest BCUT2D eigenvalue weighted by Gasteiger charge is -2.19. The fourth-order valence-electron chi connectivity index (χ4n) is 4.98. The molecule has 3 nitrogen and oxygen atoms in total. The number of aliphatic hydroxyl groups is 2. The van der Waals surface area contributed by atoms with Gasteiger partial charge in [-0.1, -0.05) is 54.0 Å². The summed E-state index contributed by atoms with van der Waals surface area (Å²) < 4.78 is 0. The monoisotopic (exact) mass is 417 g/mol. The first-order valence-corrected chi connectivity index (χ1v) is 11.4. The van der Waals surface area contributed by atoms with Crippen LogP contribution in [0.5, 0.6) is 0 Å². The van der Waals surface area contributed by atoms with Gasteiger partial charge in [0.25, 0.3) is 0 Å². The molecule has 0 aromatic heterocycles. The van der Waals surface area contributed by atoms with Crippen LogP contribution in [-0.2, 0) is 6.42 Å². The Morgan fingerprint density at radius 2 is 2.07 bits per heavy atom. The van der Waals surface area contributed by atoms with Crippen LogP contribution < -0.4 is 0 Å². The molecule has 1 fully saturated rings. The maximum atomic E-state index is 10.5. The summed E-state index contributed by atoms with van der Waals surface area (Å²) in [4.78, 5) is 2.25. The zero-order chi connectivity index (χ0) is 20.8. The highest BCUT2D eigenvalue weighted by Gasteiger charge is 2.43. The molecule has 3 rings (SSSR count). The van der Waals surface area contributed by atoms with Gasteiger partial charge < -0.3 is 15.1 Å². The molecule has 0 unspecified atom stereocenters.